The Morgan fingerprint density at radius 1 is 0.319 bits per heavy atom. The molecule has 0 bridgehead atoms. The van der Waals surface area contributed by atoms with E-state index in [9.17, 15) is 0 Å². The standard InChI is InChI=1S/C67H72N2/c1-43-16-20-50(21-17-43)67(60-38-44(2)18-35-58(60)59-36-19-45(3)39-61(59)67)51-24-29-56(30-25-51)69(63-47(5)41-53(42-48(63)6)66(13,14)15)57-33-31-55(32-34-57)68(54-27-22-49(23-28-54)64(7,8)9)62-37-26-52(40-46(62)4)65(10,11)12/h16-42H,1-15H3. The zero-order valence-electron chi connectivity index (χ0n) is 44.0. The van der Waals surface area contributed by atoms with Gasteiger partial charge in [0.25, 0.3) is 0 Å². The lowest BCUT2D eigenvalue weighted by atomic mass is 9.67. The highest BCUT2D eigenvalue weighted by Crippen LogP contribution is 2.57. The molecule has 0 aromatic heterocycles. The molecule has 0 spiro atoms. The monoisotopic (exact) mass is 905 g/mol. The Morgan fingerprint density at radius 2 is 0.681 bits per heavy atom. The summed E-state index contributed by atoms with van der Waals surface area (Å²) in [7, 11) is 0. The lowest BCUT2D eigenvalue weighted by molar-refractivity contribution is 0.589. The van der Waals surface area contributed by atoms with Crippen LogP contribution in [0.2, 0.25) is 0 Å². The molecule has 1 aliphatic rings. The van der Waals surface area contributed by atoms with Gasteiger partial charge in [0.2, 0.25) is 0 Å². The maximum Gasteiger partial charge on any atom is 0.0713 e. The van der Waals surface area contributed by atoms with Crippen LogP contribution in [0.25, 0.3) is 11.1 Å². The van der Waals surface area contributed by atoms with Gasteiger partial charge in [-0.3, -0.25) is 0 Å². The van der Waals surface area contributed by atoms with Gasteiger partial charge in [0.1, 0.15) is 0 Å². The van der Waals surface area contributed by atoms with Crippen LogP contribution >= 0.6 is 0 Å². The highest BCUT2D eigenvalue weighted by Gasteiger charge is 2.46. The van der Waals surface area contributed by atoms with Crippen LogP contribution in [0, 0.1) is 41.5 Å². The van der Waals surface area contributed by atoms with Gasteiger partial charge in [-0.1, -0.05) is 188 Å². The van der Waals surface area contributed by atoms with Gasteiger partial charge >= 0.3 is 0 Å². The number of aryl methyl sites for hydroxylation is 6. The van der Waals surface area contributed by atoms with Crippen LogP contribution in [0.4, 0.5) is 34.1 Å². The maximum atomic E-state index is 2.49. The fourth-order valence-corrected chi connectivity index (χ4v) is 10.8. The summed E-state index contributed by atoms with van der Waals surface area (Å²) in [4.78, 5) is 4.91. The van der Waals surface area contributed by atoms with Crippen LogP contribution in [0.3, 0.4) is 0 Å². The number of anilines is 6. The second-order valence-electron chi connectivity index (χ2n) is 23.2. The number of rotatable bonds is 8. The van der Waals surface area contributed by atoms with Gasteiger partial charge < -0.3 is 9.80 Å². The molecule has 350 valence electrons. The average Bonchev–Trinajstić information content (AvgIpc) is 3.57. The zero-order chi connectivity index (χ0) is 49.4. The Morgan fingerprint density at radius 3 is 1.12 bits per heavy atom. The van der Waals surface area contributed by atoms with E-state index < -0.39 is 5.41 Å². The molecule has 0 saturated heterocycles. The van der Waals surface area contributed by atoms with E-state index in [1.54, 1.807) is 0 Å². The van der Waals surface area contributed by atoms with Gasteiger partial charge in [-0.15, -0.1) is 0 Å². The summed E-state index contributed by atoms with van der Waals surface area (Å²) < 4.78 is 0. The van der Waals surface area contributed by atoms with E-state index in [1.165, 1.54) is 94.8 Å². The first-order valence-corrected chi connectivity index (χ1v) is 25.0. The Kier molecular flexibility index (Phi) is 12.0. The van der Waals surface area contributed by atoms with Crippen LogP contribution in [0.5, 0.6) is 0 Å². The molecule has 2 nitrogen and oxygen atoms in total. The lowest BCUT2D eigenvalue weighted by Crippen LogP contribution is -2.29. The maximum absolute atomic E-state index is 2.49. The third-order valence-electron chi connectivity index (χ3n) is 14.7. The predicted molar refractivity (Wildman–Crippen MR) is 298 cm³/mol. The first-order chi connectivity index (χ1) is 32.5. The molecular weight excluding hydrogens is 833 g/mol. The predicted octanol–water partition coefficient (Wildman–Crippen LogP) is 18.7. The van der Waals surface area contributed by atoms with Crippen molar-refractivity contribution >= 4 is 34.1 Å². The van der Waals surface area contributed by atoms with E-state index in [2.05, 4.69) is 277 Å². The number of hydrogen-bond donors (Lipinski definition) is 0. The van der Waals surface area contributed by atoms with Crippen LogP contribution in [-0.4, -0.2) is 0 Å². The Balaban J connectivity index is 1.22. The summed E-state index contributed by atoms with van der Waals surface area (Å²) in [6.45, 7) is 34.1. The summed E-state index contributed by atoms with van der Waals surface area (Å²) in [5.41, 5.74) is 25.9. The first-order valence-electron chi connectivity index (χ1n) is 25.0. The molecule has 0 unspecified atom stereocenters. The number of hydrogen-bond acceptors (Lipinski definition) is 2. The van der Waals surface area contributed by atoms with E-state index in [0.29, 0.717) is 0 Å². The minimum Gasteiger partial charge on any atom is -0.310 e. The van der Waals surface area contributed by atoms with Crippen molar-refractivity contribution in [2.24, 2.45) is 0 Å². The molecule has 0 aliphatic heterocycles. The van der Waals surface area contributed by atoms with Crippen molar-refractivity contribution in [3.63, 3.8) is 0 Å². The lowest BCUT2D eigenvalue weighted by Gasteiger charge is -2.35. The van der Waals surface area contributed by atoms with Crippen molar-refractivity contribution in [3.8, 4) is 11.1 Å². The number of benzene rings is 8. The van der Waals surface area contributed by atoms with E-state index >= 15 is 0 Å². The molecule has 9 rings (SSSR count). The molecule has 0 amide bonds. The van der Waals surface area contributed by atoms with E-state index in [1.807, 2.05) is 0 Å². The second-order valence-corrected chi connectivity index (χ2v) is 23.2. The second kappa shape index (κ2) is 17.4. The summed E-state index contributed by atoms with van der Waals surface area (Å²) in [6, 6.07) is 63.1. The van der Waals surface area contributed by atoms with E-state index in [4.69, 9.17) is 0 Å². The molecule has 0 fully saturated rings. The van der Waals surface area contributed by atoms with E-state index in [0.717, 1.165) is 22.7 Å². The summed E-state index contributed by atoms with van der Waals surface area (Å²) in [5, 5.41) is 0. The summed E-state index contributed by atoms with van der Waals surface area (Å²) in [5.74, 6) is 0. The van der Waals surface area contributed by atoms with Gasteiger partial charge in [0, 0.05) is 28.4 Å². The first kappa shape index (κ1) is 47.4. The van der Waals surface area contributed by atoms with Crippen molar-refractivity contribution in [1.82, 2.24) is 0 Å². The van der Waals surface area contributed by atoms with Crippen molar-refractivity contribution < 1.29 is 0 Å². The SMILES string of the molecule is Cc1ccc(C2(c3ccc(N(c4ccc(N(c5ccc(C(C)(C)C)cc5)c5ccc(C(C)(C)C)cc5C)cc4)c4c(C)cc(C(C)(C)C)cc4C)cc3)c3cc(C)ccc3-c3ccc(C)cc32)cc1. The van der Waals surface area contributed by atoms with Gasteiger partial charge in [0.05, 0.1) is 11.1 Å². The molecule has 0 saturated carbocycles. The number of fused-ring (bicyclic) bond motifs is 3. The van der Waals surface area contributed by atoms with Gasteiger partial charge in [-0.25, -0.2) is 0 Å². The van der Waals surface area contributed by atoms with Gasteiger partial charge in [-0.05, 0) is 179 Å². The highest BCUT2D eigenvalue weighted by atomic mass is 15.2. The third kappa shape index (κ3) is 8.62. The van der Waals surface area contributed by atoms with E-state index in [-0.39, 0.29) is 16.2 Å². The largest absolute Gasteiger partial charge is 0.310 e. The van der Waals surface area contributed by atoms with Crippen molar-refractivity contribution in [1.29, 1.82) is 0 Å². The third-order valence-corrected chi connectivity index (χ3v) is 14.7. The summed E-state index contributed by atoms with van der Waals surface area (Å²) in [6.07, 6.45) is 0. The van der Waals surface area contributed by atoms with Crippen molar-refractivity contribution in [2.75, 3.05) is 9.80 Å². The van der Waals surface area contributed by atoms with Crippen molar-refractivity contribution in [2.45, 2.75) is 126 Å². The fourth-order valence-electron chi connectivity index (χ4n) is 10.8. The molecule has 0 atom stereocenters. The Bertz CT molecular complexity index is 3110. The summed E-state index contributed by atoms with van der Waals surface area (Å²) >= 11 is 0. The highest BCUT2D eigenvalue weighted by molar-refractivity contribution is 5.88. The molecule has 0 N–H and O–H groups in total. The molecule has 0 heterocycles. The molecule has 8 aromatic carbocycles. The minimum atomic E-state index is -0.487. The van der Waals surface area contributed by atoms with Gasteiger partial charge in [0.15, 0.2) is 0 Å². The van der Waals surface area contributed by atoms with Gasteiger partial charge in [-0.2, -0.15) is 0 Å². The number of nitrogens with zero attached hydrogens (tertiary/aromatic N) is 2. The molecule has 69 heavy (non-hydrogen) atoms. The molecule has 0 radical (unpaired) electrons. The smallest absolute Gasteiger partial charge is 0.0713 e. The van der Waals surface area contributed by atoms with Crippen molar-refractivity contribution in [3.05, 3.63) is 236 Å². The quantitative estimate of drug-likeness (QED) is 0.150. The minimum absolute atomic E-state index is 0.0226. The average molecular weight is 905 g/mol. The fraction of sp³-hybridized carbons (Fsp3) is 0.284. The molecule has 2 heteroatoms. The van der Waals surface area contributed by atoms with Crippen LogP contribution in [0.1, 0.15) is 135 Å². The Labute approximate surface area is 414 Å². The topological polar surface area (TPSA) is 6.48 Å². The van der Waals surface area contributed by atoms with Crippen LogP contribution in [0.15, 0.2) is 164 Å². The molecular formula is C67H72N2. The van der Waals surface area contributed by atoms with Crippen LogP contribution < -0.4 is 9.80 Å². The normalized spacial score (nSPS) is 13.3. The molecule has 1 aliphatic carbocycles. The van der Waals surface area contributed by atoms with Crippen LogP contribution in [-0.2, 0) is 21.7 Å². The Hall–Kier alpha value is -6.64. The zero-order valence-corrected chi connectivity index (χ0v) is 44.0. The molecule has 8 aromatic rings.